The Labute approximate surface area is 156 Å². The molecule has 0 radical (unpaired) electrons. The van der Waals surface area contributed by atoms with E-state index in [4.69, 9.17) is 4.74 Å². The van der Waals surface area contributed by atoms with Crippen LogP contribution in [0.15, 0.2) is 54.9 Å². The monoisotopic (exact) mass is 365 g/mol. The van der Waals surface area contributed by atoms with Crippen LogP contribution in [0.2, 0.25) is 0 Å². The highest BCUT2D eigenvalue weighted by Crippen LogP contribution is 2.40. The average molecular weight is 365 g/mol. The summed E-state index contributed by atoms with van der Waals surface area (Å²) in [7, 11) is 0. The first-order valence-electron chi connectivity index (χ1n) is 8.91. The smallest absolute Gasteiger partial charge is 0.226 e. The number of carbonyl (C=O) groups is 1. The van der Waals surface area contributed by atoms with Crippen LogP contribution in [-0.4, -0.2) is 21.6 Å². The van der Waals surface area contributed by atoms with E-state index >= 15 is 0 Å². The summed E-state index contributed by atoms with van der Waals surface area (Å²) in [5.41, 5.74) is 2.28. The Morgan fingerprint density at radius 3 is 2.81 bits per heavy atom. The number of aromatic nitrogens is 2. The van der Waals surface area contributed by atoms with E-state index in [9.17, 15) is 9.18 Å². The van der Waals surface area contributed by atoms with Gasteiger partial charge in [0.05, 0.1) is 17.5 Å². The molecule has 0 saturated heterocycles. The van der Waals surface area contributed by atoms with Gasteiger partial charge in [-0.15, -0.1) is 0 Å². The topological polar surface area (TPSA) is 56.1 Å². The molecule has 0 spiro atoms. The predicted molar refractivity (Wildman–Crippen MR) is 101 cm³/mol. The number of fused-ring (bicyclic) bond motifs is 1. The van der Waals surface area contributed by atoms with Crippen LogP contribution in [0.5, 0.6) is 5.75 Å². The summed E-state index contributed by atoms with van der Waals surface area (Å²) in [6.45, 7) is 3.93. The third kappa shape index (κ3) is 3.30. The van der Waals surface area contributed by atoms with E-state index in [2.05, 4.69) is 10.3 Å². The van der Waals surface area contributed by atoms with E-state index in [0.29, 0.717) is 11.5 Å². The molecule has 0 fully saturated rings. The molecule has 1 unspecified atom stereocenters. The maximum absolute atomic E-state index is 13.6. The van der Waals surface area contributed by atoms with Crippen LogP contribution in [0.4, 0.5) is 10.2 Å². The molecule has 0 aliphatic carbocycles. The van der Waals surface area contributed by atoms with Gasteiger partial charge in [-0.2, -0.15) is 0 Å². The molecule has 4 rings (SSSR count). The molecule has 1 amide bonds. The Kier molecular flexibility index (Phi) is 4.39. The quantitative estimate of drug-likeness (QED) is 0.751. The summed E-state index contributed by atoms with van der Waals surface area (Å²) in [5.74, 6) is 0.646. The van der Waals surface area contributed by atoms with Gasteiger partial charge in [-0.05, 0) is 38.1 Å². The van der Waals surface area contributed by atoms with Crippen LogP contribution in [0.1, 0.15) is 37.4 Å². The van der Waals surface area contributed by atoms with Crippen molar-refractivity contribution in [3.05, 3.63) is 71.9 Å². The zero-order valence-corrected chi connectivity index (χ0v) is 15.1. The Morgan fingerprint density at radius 2 is 2.04 bits per heavy atom. The van der Waals surface area contributed by atoms with Crippen LogP contribution in [0.3, 0.4) is 0 Å². The third-order valence-corrected chi connectivity index (χ3v) is 4.52. The number of nitrogens with zero attached hydrogens (tertiary/aromatic N) is 2. The average Bonchev–Trinajstić information content (AvgIpc) is 3.05. The standard InChI is InChI=1S/C21H20FN3O2/c1-13(2)27-18-9-4-3-8-16(18)17-11-19(26)24-21-20(17)23-12-25(21)15-7-5-6-14(22)10-15/h3-10,12-13,17H,11H2,1-2H3,(H,24,26). The number of rotatable bonds is 4. The van der Waals surface area contributed by atoms with Gasteiger partial charge < -0.3 is 10.1 Å². The molecule has 1 aliphatic rings. The van der Waals surface area contributed by atoms with Crippen LogP contribution in [0, 0.1) is 5.82 Å². The lowest BCUT2D eigenvalue weighted by Crippen LogP contribution is -2.25. The number of amides is 1. The molecule has 5 nitrogen and oxygen atoms in total. The first-order valence-corrected chi connectivity index (χ1v) is 8.91. The third-order valence-electron chi connectivity index (χ3n) is 4.52. The highest BCUT2D eigenvalue weighted by molar-refractivity contribution is 5.94. The van der Waals surface area contributed by atoms with Crippen molar-refractivity contribution < 1.29 is 13.9 Å². The number of hydrogen-bond donors (Lipinski definition) is 1. The van der Waals surface area contributed by atoms with Crippen molar-refractivity contribution in [1.29, 1.82) is 0 Å². The fraction of sp³-hybridized carbons (Fsp3) is 0.238. The largest absolute Gasteiger partial charge is 0.491 e. The maximum atomic E-state index is 13.6. The summed E-state index contributed by atoms with van der Waals surface area (Å²) in [4.78, 5) is 17.0. The van der Waals surface area contributed by atoms with E-state index < -0.39 is 0 Å². The number of halogens is 1. The fourth-order valence-corrected chi connectivity index (χ4v) is 3.42. The molecule has 1 aromatic heterocycles. The summed E-state index contributed by atoms with van der Waals surface area (Å²) in [6, 6.07) is 13.9. The Morgan fingerprint density at radius 1 is 1.22 bits per heavy atom. The number of ether oxygens (including phenoxy) is 1. The number of anilines is 1. The number of hydrogen-bond acceptors (Lipinski definition) is 3. The first-order chi connectivity index (χ1) is 13.0. The fourth-order valence-electron chi connectivity index (χ4n) is 3.42. The Balaban J connectivity index is 1.81. The van der Waals surface area contributed by atoms with Gasteiger partial charge in [-0.1, -0.05) is 24.3 Å². The molecule has 27 heavy (non-hydrogen) atoms. The first kappa shape index (κ1) is 17.3. The molecular formula is C21H20FN3O2. The summed E-state index contributed by atoms with van der Waals surface area (Å²) in [6.07, 6.45) is 1.92. The van der Waals surface area contributed by atoms with E-state index in [-0.39, 0.29) is 30.2 Å². The van der Waals surface area contributed by atoms with Crippen molar-refractivity contribution in [3.63, 3.8) is 0 Å². The summed E-state index contributed by atoms with van der Waals surface area (Å²) >= 11 is 0. The van der Waals surface area contributed by atoms with Crippen molar-refractivity contribution in [2.75, 3.05) is 5.32 Å². The van der Waals surface area contributed by atoms with Crippen molar-refractivity contribution in [1.82, 2.24) is 9.55 Å². The molecule has 1 atom stereocenters. The summed E-state index contributed by atoms with van der Waals surface area (Å²) < 4.78 is 21.3. The van der Waals surface area contributed by atoms with Crippen LogP contribution in [-0.2, 0) is 4.79 Å². The second-order valence-electron chi connectivity index (χ2n) is 6.84. The molecule has 0 bridgehead atoms. The van der Waals surface area contributed by atoms with E-state index in [0.717, 1.165) is 17.0 Å². The molecule has 0 saturated carbocycles. The number of nitrogens with one attached hydrogen (secondary N) is 1. The van der Waals surface area contributed by atoms with Crippen LogP contribution in [0.25, 0.3) is 5.69 Å². The zero-order chi connectivity index (χ0) is 19.0. The van der Waals surface area contributed by atoms with Crippen molar-refractivity contribution in [2.24, 2.45) is 0 Å². The number of imidazole rings is 1. The minimum atomic E-state index is -0.343. The van der Waals surface area contributed by atoms with Gasteiger partial charge in [0.1, 0.15) is 23.7 Å². The molecule has 1 N–H and O–H groups in total. The predicted octanol–water partition coefficient (Wildman–Crippen LogP) is 4.27. The minimum Gasteiger partial charge on any atom is -0.491 e. The Hall–Kier alpha value is -3.15. The molecule has 6 heteroatoms. The molecule has 2 aromatic carbocycles. The lowest BCUT2D eigenvalue weighted by atomic mass is 9.89. The molecular weight excluding hydrogens is 345 g/mol. The van der Waals surface area contributed by atoms with Gasteiger partial charge >= 0.3 is 0 Å². The minimum absolute atomic E-state index is 0.0212. The van der Waals surface area contributed by atoms with Gasteiger partial charge in [0.15, 0.2) is 0 Å². The van der Waals surface area contributed by atoms with Crippen molar-refractivity contribution >= 4 is 11.7 Å². The zero-order valence-electron chi connectivity index (χ0n) is 15.1. The van der Waals surface area contributed by atoms with Crippen LogP contribution < -0.4 is 10.1 Å². The lowest BCUT2D eigenvalue weighted by Gasteiger charge is -2.25. The van der Waals surface area contributed by atoms with Gasteiger partial charge in [0.2, 0.25) is 5.91 Å². The second kappa shape index (κ2) is 6.87. The van der Waals surface area contributed by atoms with Crippen LogP contribution >= 0.6 is 0 Å². The highest BCUT2D eigenvalue weighted by atomic mass is 19.1. The maximum Gasteiger partial charge on any atom is 0.226 e. The number of para-hydroxylation sites is 1. The SMILES string of the molecule is CC(C)Oc1ccccc1C1CC(=O)Nc2c1ncn2-c1cccc(F)c1. The van der Waals surface area contributed by atoms with Crippen molar-refractivity contribution in [2.45, 2.75) is 32.3 Å². The van der Waals surface area contributed by atoms with Gasteiger partial charge in [-0.3, -0.25) is 9.36 Å². The summed E-state index contributed by atoms with van der Waals surface area (Å²) in [5, 5.41) is 2.88. The Bertz CT molecular complexity index is 997. The van der Waals surface area contributed by atoms with Gasteiger partial charge in [-0.25, -0.2) is 9.37 Å². The van der Waals surface area contributed by atoms with E-state index in [1.807, 2.05) is 38.1 Å². The molecule has 138 valence electrons. The molecule has 2 heterocycles. The number of carbonyl (C=O) groups excluding carboxylic acids is 1. The molecule has 3 aromatic rings. The highest BCUT2D eigenvalue weighted by Gasteiger charge is 2.32. The molecule has 1 aliphatic heterocycles. The number of benzene rings is 2. The van der Waals surface area contributed by atoms with E-state index in [1.54, 1.807) is 23.0 Å². The lowest BCUT2D eigenvalue weighted by molar-refractivity contribution is -0.116. The van der Waals surface area contributed by atoms with Crippen molar-refractivity contribution in [3.8, 4) is 11.4 Å². The van der Waals surface area contributed by atoms with E-state index in [1.165, 1.54) is 12.1 Å². The normalized spacial score (nSPS) is 16.1. The van der Waals surface area contributed by atoms with Gasteiger partial charge in [0.25, 0.3) is 0 Å². The second-order valence-corrected chi connectivity index (χ2v) is 6.84. The van der Waals surface area contributed by atoms with Gasteiger partial charge in [0, 0.05) is 17.9 Å².